The van der Waals surface area contributed by atoms with Gasteiger partial charge in [-0.15, -0.1) is 0 Å². The maximum Gasteiger partial charge on any atom is 0.337 e. The van der Waals surface area contributed by atoms with E-state index in [1.807, 2.05) is 25.1 Å². The predicted molar refractivity (Wildman–Crippen MR) is 98.4 cm³/mol. The van der Waals surface area contributed by atoms with E-state index < -0.39 is 0 Å². The lowest BCUT2D eigenvalue weighted by molar-refractivity contribution is 0.0601. The summed E-state index contributed by atoms with van der Waals surface area (Å²) < 4.78 is 4.72. The molecule has 6 heteroatoms. The Morgan fingerprint density at radius 3 is 2.72 bits per heavy atom. The van der Waals surface area contributed by atoms with E-state index in [1.54, 1.807) is 12.1 Å². The van der Waals surface area contributed by atoms with Crippen molar-refractivity contribution in [2.75, 3.05) is 30.4 Å². The summed E-state index contributed by atoms with van der Waals surface area (Å²) in [6.07, 6.45) is 2.44. The van der Waals surface area contributed by atoms with Gasteiger partial charge in [0.25, 0.3) is 0 Å². The molecular formula is C19H24N4O2. The fourth-order valence-corrected chi connectivity index (χ4v) is 3.08. The Morgan fingerprint density at radius 1 is 1.28 bits per heavy atom. The lowest BCUT2D eigenvalue weighted by Crippen LogP contribution is -2.35. The second-order valence-electron chi connectivity index (χ2n) is 6.58. The van der Waals surface area contributed by atoms with E-state index in [0.29, 0.717) is 11.5 Å². The monoisotopic (exact) mass is 340 g/mol. The van der Waals surface area contributed by atoms with Crippen molar-refractivity contribution < 1.29 is 9.53 Å². The molecule has 1 fully saturated rings. The number of aryl methyl sites for hydroxylation is 1. The smallest absolute Gasteiger partial charge is 0.337 e. The molecule has 0 spiro atoms. The third-order valence-corrected chi connectivity index (χ3v) is 4.36. The maximum absolute atomic E-state index is 11.5. The van der Waals surface area contributed by atoms with Crippen LogP contribution in [0.2, 0.25) is 0 Å². The molecule has 1 aliphatic rings. The highest BCUT2D eigenvalue weighted by molar-refractivity contribution is 5.89. The summed E-state index contributed by atoms with van der Waals surface area (Å²) in [5.41, 5.74) is 2.32. The Morgan fingerprint density at radius 2 is 2.04 bits per heavy atom. The van der Waals surface area contributed by atoms with E-state index in [-0.39, 0.29) is 5.97 Å². The number of nitrogens with one attached hydrogen (secondary N) is 1. The van der Waals surface area contributed by atoms with E-state index >= 15 is 0 Å². The molecule has 1 aliphatic heterocycles. The van der Waals surface area contributed by atoms with Crippen molar-refractivity contribution in [3.8, 4) is 0 Å². The first-order valence-electron chi connectivity index (χ1n) is 8.61. The van der Waals surface area contributed by atoms with Crippen molar-refractivity contribution >= 4 is 23.4 Å². The molecule has 1 aromatic heterocycles. The number of esters is 1. The Bertz CT molecular complexity index is 746. The number of methoxy groups -OCH3 is 1. The largest absolute Gasteiger partial charge is 0.465 e. The number of hydrogen-bond acceptors (Lipinski definition) is 6. The van der Waals surface area contributed by atoms with Crippen LogP contribution in [0, 0.1) is 12.8 Å². The number of anilines is 3. The number of piperidine rings is 1. The average molecular weight is 340 g/mol. The van der Waals surface area contributed by atoms with Crippen LogP contribution in [0.25, 0.3) is 0 Å². The second kappa shape index (κ2) is 7.51. The zero-order chi connectivity index (χ0) is 17.8. The fourth-order valence-electron chi connectivity index (χ4n) is 3.08. The summed E-state index contributed by atoms with van der Waals surface area (Å²) in [6, 6.07) is 9.06. The first-order valence-corrected chi connectivity index (χ1v) is 8.61. The molecule has 1 atom stereocenters. The quantitative estimate of drug-likeness (QED) is 0.859. The standard InChI is InChI=1S/C19H24N4O2/c1-13-5-4-10-23(12-13)19-20-14(2)11-17(22-19)21-16-8-6-15(7-9-16)18(24)25-3/h6-9,11,13H,4-5,10,12H2,1-3H3,(H,20,21,22). The Labute approximate surface area is 148 Å². The number of carbonyl (C=O) groups excluding carboxylic acids is 1. The first kappa shape index (κ1) is 17.2. The highest BCUT2D eigenvalue weighted by Crippen LogP contribution is 2.23. The van der Waals surface area contributed by atoms with Gasteiger partial charge in [-0.2, -0.15) is 4.98 Å². The van der Waals surface area contributed by atoms with Crippen LogP contribution in [0.4, 0.5) is 17.5 Å². The SMILES string of the molecule is COC(=O)c1ccc(Nc2cc(C)nc(N3CCCC(C)C3)n2)cc1. The van der Waals surface area contributed by atoms with E-state index in [4.69, 9.17) is 4.74 Å². The van der Waals surface area contributed by atoms with Crippen molar-refractivity contribution in [2.24, 2.45) is 5.92 Å². The van der Waals surface area contributed by atoms with Gasteiger partial charge in [-0.05, 0) is 49.9 Å². The molecule has 1 N–H and O–H groups in total. The van der Waals surface area contributed by atoms with Gasteiger partial charge in [-0.3, -0.25) is 0 Å². The Balaban J connectivity index is 1.77. The third kappa shape index (κ3) is 4.26. The molecule has 25 heavy (non-hydrogen) atoms. The van der Waals surface area contributed by atoms with Crippen LogP contribution in [0.5, 0.6) is 0 Å². The molecule has 2 heterocycles. The molecule has 0 aliphatic carbocycles. The van der Waals surface area contributed by atoms with Gasteiger partial charge in [0.05, 0.1) is 12.7 Å². The predicted octanol–water partition coefficient (Wildman–Crippen LogP) is 3.55. The topological polar surface area (TPSA) is 67.3 Å². The highest BCUT2D eigenvalue weighted by atomic mass is 16.5. The van der Waals surface area contributed by atoms with E-state index in [2.05, 4.69) is 27.1 Å². The van der Waals surface area contributed by atoms with Crippen molar-refractivity contribution in [3.63, 3.8) is 0 Å². The summed E-state index contributed by atoms with van der Waals surface area (Å²) >= 11 is 0. The molecular weight excluding hydrogens is 316 g/mol. The van der Waals surface area contributed by atoms with Crippen LogP contribution in [0.15, 0.2) is 30.3 Å². The Kier molecular flexibility index (Phi) is 5.16. The minimum atomic E-state index is -0.342. The zero-order valence-corrected chi connectivity index (χ0v) is 15.0. The van der Waals surface area contributed by atoms with Crippen LogP contribution in [0.3, 0.4) is 0 Å². The number of carbonyl (C=O) groups is 1. The number of rotatable bonds is 4. The lowest BCUT2D eigenvalue weighted by atomic mass is 10.0. The van der Waals surface area contributed by atoms with Crippen LogP contribution in [-0.4, -0.2) is 36.1 Å². The summed E-state index contributed by atoms with van der Waals surface area (Å²) in [6.45, 7) is 6.24. The number of nitrogens with zero attached hydrogens (tertiary/aromatic N) is 3. The first-order chi connectivity index (χ1) is 12.0. The van der Waals surface area contributed by atoms with Crippen LogP contribution < -0.4 is 10.2 Å². The van der Waals surface area contributed by atoms with Crippen molar-refractivity contribution in [1.29, 1.82) is 0 Å². The molecule has 2 aromatic rings. The molecule has 3 rings (SSSR count). The molecule has 0 amide bonds. The van der Waals surface area contributed by atoms with Crippen LogP contribution >= 0.6 is 0 Å². The molecule has 0 radical (unpaired) electrons. The zero-order valence-electron chi connectivity index (χ0n) is 15.0. The van der Waals surface area contributed by atoms with Gasteiger partial charge in [0.15, 0.2) is 0 Å². The summed E-state index contributed by atoms with van der Waals surface area (Å²) in [4.78, 5) is 23.0. The van der Waals surface area contributed by atoms with Crippen LogP contribution in [-0.2, 0) is 4.74 Å². The van der Waals surface area contributed by atoms with Crippen molar-refractivity contribution in [3.05, 3.63) is 41.6 Å². The summed E-state index contributed by atoms with van der Waals surface area (Å²) in [5, 5.41) is 3.29. The average Bonchev–Trinajstić information content (AvgIpc) is 2.61. The second-order valence-corrected chi connectivity index (χ2v) is 6.58. The third-order valence-electron chi connectivity index (χ3n) is 4.36. The maximum atomic E-state index is 11.5. The number of benzene rings is 1. The number of ether oxygens (including phenoxy) is 1. The molecule has 132 valence electrons. The molecule has 0 bridgehead atoms. The van der Waals surface area contributed by atoms with Gasteiger partial charge in [-0.1, -0.05) is 6.92 Å². The van der Waals surface area contributed by atoms with Crippen molar-refractivity contribution in [2.45, 2.75) is 26.7 Å². The molecule has 1 saturated heterocycles. The van der Waals surface area contributed by atoms with E-state index in [1.165, 1.54) is 20.0 Å². The Hall–Kier alpha value is -2.63. The highest BCUT2D eigenvalue weighted by Gasteiger charge is 2.19. The molecule has 6 nitrogen and oxygen atoms in total. The minimum Gasteiger partial charge on any atom is -0.465 e. The van der Waals surface area contributed by atoms with Gasteiger partial charge in [0, 0.05) is 30.5 Å². The minimum absolute atomic E-state index is 0.342. The van der Waals surface area contributed by atoms with E-state index in [0.717, 1.165) is 36.2 Å². The fraction of sp³-hybridized carbons (Fsp3) is 0.421. The van der Waals surface area contributed by atoms with Gasteiger partial charge >= 0.3 is 5.97 Å². The molecule has 1 unspecified atom stereocenters. The van der Waals surface area contributed by atoms with Crippen LogP contribution in [0.1, 0.15) is 35.8 Å². The summed E-state index contributed by atoms with van der Waals surface area (Å²) in [5.74, 6) is 1.86. The van der Waals surface area contributed by atoms with Crippen molar-refractivity contribution in [1.82, 2.24) is 9.97 Å². The van der Waals surface area contributed by atoms with E-state index in [9.17, 15) is 4.79 Å². The molecule has 1 aromatic carbocycles. The lowest BCUT2D eigenvalue weighted by Gasteiger charge is -2.31. The van der Waals surface area contributed by atoms with Gasteiger partial charge in [0.1, 0.15) is 5.82 Å². The number of aromatic nitrogens is 2. The van der Waals surface area contributed by atoms with Gasteiger partial charge < -0.3 is 15.0 Å². The van der Waals surface area contributed by atoms with Gasteiger partial charge in [0.2, 0.25) is 5.95 Å². The summed E-state index contributed by atoms with van der Waals surface area (Å²) in [7, 11) is 1.38. The number of hydrogen-bond donors (Lipinski definition) is 1. The normalized spacial score (nSPS) is 17.2. The molecule has 0 saturated carbocycles. The van der Waals surface area contributed by atoms with Gasteiger partial charge in [-0.25, -0.2) is 9.78 Å².